The minimum atomic E-state index is -3.72. The summed E-state index contributed by atoms with van der Waals surface area (Å²) in [6.45, 7) is 0.868. The molecule has 0 heterocycles. The summed E-state index contributed by atoms with van der Waals surface area (Å²) in [5.41, 5.74) is 0.221. The molecule has 154 valence electrons. The molecule has 0 atom stereocenters. The van der Waals surface area contributed by atoms with Crippen molar-refractivity contribution in [2.75, 3.05) is 58.4 Å². The van der Waals surface area contributed by atoms with Gasteiger partial charge in [-0.2, -0.15) is 0 Å². The van der Waals surface area contributed by atoms with Crippen LogP contribution in [0.3, 0.4) is 0 Å². The summed E-state index contributed by atoms with van der Waals surface area (Å²) in [6, 6.07) is 5.38. The van der Waals surface area contributed by atoms with Gasteiger partial charge in [-0.1, -0.05) is 0 Å². The molecule has 0 bridgehead atoms. The summed E-state index contributed by atoms with van der Waals surface area (Å²) in [4.78, 5) is 14.1. The number of hydrogen-bond donors (Lipinski definition) is 1. The number of carbonyl (C=O) groups is 1. The van der Waals surface area contributed by atoms with E-state index in [1.807, 2.05) is 19.0 Å². The van der Waals surface area contributed by atoms with E-state index in [1.54, 1.807) is 0 Å². The van der Waals surface area contributed by atoms with Crippen LogP contribution in [-0.4, -0.2) is 86.0 Å². The Labute approximate surface area is 162 Å². The Kier molecular flexibility index (Phi) is 8.21. The molecule has 0 unspecified atom stereocenters. The summed E-state index contributed by atoms with van der Waals surface area (Å²) in [5, 5.41) is 2.69. The Morgan fingerprint density at radius 1 is 1.00 bits per heavy atom. The number of anilines is 1. The second-order valence-electron chi connectivity index (χ2n) is 6.56. The Bertz CT molecular complexity index is 834. The van der Waals surface area contributed by atoms with Crippen LogP contribution < -0.4 is 9.62 Å². The predicted octanol–water partition coefficient (Wildman–Crippen LogP) is -0.229. The monoisotopic (exact) mass is 420 g/mol. The third-order valence-corrected chi connectivity index (χ3v) is 6.66. The van der Waals surface area contributed by atoms with E-state index in [4.69, 9.17) is 0 Å². The van der Waals surface area contributed by atoms with Crippen LogP contribution in [0.4, 0.5) is 5.69 Å². The van der Waals surface area contributed by atoms with Crippen molar-refractivity contribution in [3.05, 3.63) is 24.3 Å². The maximum atomic E-state index is 12.1. The molecule has 0 aromatic heterocycles. The molecule has 0 aliphatic heterocycles. The number of amides is 1. The topological polar surface area (TPSA) is 107 Å². The van der Waals surface area contributed by atoms with Gasteiger partial charge < -0.3 is 10.2 Å². The molecule has 0 saturated carbocycles. The highest BCUT2D eigenvalue weighted by Gasteiger charge is 2.22. The molecule has 27 heavy (non-hydrogen) atoms. The van der Waals surface area contributed by atoms with Crippen molar-refractivity contribution in [3.8, 4) is 0 Å². The predicted molar refractivity (Wildman–Crippen MR) is 106 cm³/mol. The number of nitrogens with zero attached hydrogens (tertiary/aromatic N) is 3. The maximum absolute atomic E-state index is 12.1. The molecule has 1 N–H and O–H groups in total. The summed E-state index contributed by atoms with van der Waals surface area (Å²) in [6.07, 6.45) is 1.74. The average Bonchev–Trinajstić information content (AvgIpc) is 2.55. The highest BCUT2D eigenvalue weighted by atomic mass is 32.2. The van der Waals surface area contributed by atoms with Gasteiger partial charge in [-0.3, -0.25) is 9.10 Å². The number of rotatable bonds is 10. The first kappa shape index (κ1) is 23.3. The molecule has 1 rings (SSSR count). The zero-order chi connectivity index (χ0) is 20.8. The lowest BCUT2D eigenvalue weighted by molar-refractivity contribution is -0.119. The smallest absolute Gasteiger partial charge is 0.242 e. The Morgan fingerprint density at radius 3 is 2.00 bits per heavy atom. The van der Waals surface area contributed by atoms with Gasteiger partial charge in [0.2, 0.25) is 26.0 Å². The van der Waals surface area contributed by atoms with Crippen LogP contribution in [0.1, 0.15) is 6.42 Å². The first-order valence-electron chi connectivity index (χ1n) is 8.27. The lowest BCUT2D eigenvalue weighted by Crippen LogP contribution is -2.41. The summed E-state index contributed by atoms with van der Waals surface area (Å²) < 4.78 is 50.4. The fourth-order valence-corrected chi connectivity index (χ4v) is 3.96. The summed E-state index contributed by atoms with van der Waals surface area (Å²) >= 11 is 0. The standard InChI is InChI=1S/C16H28N4O5S2/c1-18(2)12-6-11-17-16(21)13-20(26(5,22)23)14-7-9-15(10-8-14)27(24,25)19(3)4/h7-10H,6,11-13H2,1-5H3,(H,17,21). The van der Waals surface area contributed by atoms with Crippen molar-refractivity contribution in [3.63, 3.8) is 0 Å². The van der Waals surface area contributed by atoms with Gasteiger partial charge in [-0.15, -0.1) is 0 Å². The van der Waals surface area contributed by atoms with Gasteiger partial charge in [0.15, 0.2) is 0 Å². The molecule has 0 aliphatic carbocycles. The zero-order valence-corrected chi connectivity index (χ0v) is 18.0. The minimum Gasteiger partial charge on any atom is -0.354 e. The number of nitrogens with one attached hydrogen (secondary N) is 1. The van der Waals surface area contributed by atoms with E-state index in [0.29, 0.717) is 6.54 Å². The maximum Gasteiger partial charge on any atom is 0.242 e. The first-order valence-corrected chi connectivity index (χ1v) is 11.6. The van der Waals surface area contributed by atoms with Crippen LogP contribution in [0.2, 0.25) is 0 Å². The summed E-state index contributed by atoms with van der Waals surface area (Å²) in [7, 11) is -0.668. The average molecular weight is 421 g/mol. The lowest BCUT2D eigenvalue weighted by Gasteiger charge is -2.22. The van der Waals surface area contributed by atoms with E-state index in [0.717, 1.165) is 27.8 Å². The number of sulfonamides is 2. The van der Waals surface area contributed by atoms with Gasteiger partial charge in [-0.25, -0.2) is 21.1 Å². The number of carbonyl (C=O) groups excluding carboxylic acids is 1. The van der Waals surface area contributed by atoms with E-state index in [-0.39, 0.29) is 17.1 Å². The van der Waals surface area contributed by atoms with Crippen molar-refractivity contribution in [1.29, 1.82) is 0 Å². The van der Waals surface area contributed by atoms with E-state index in [1.165, 1.54) is 38.4 Å². The van der Waals surface area contributed by atoms with Gasteiger partial charge in [0.1, 0.15) is 6.54 Å². The van der Waals surface area contributed by atoms with Crippen LogP contribution in [0, 0.1) is 0 Å². The van der Waals surface area contributed by atoms with E-state index in [9.17, 15) is 21.6 Å². The van der Waals surface area contributed by atoms with Crippen LogP contribution in [0.25, 0.3) is 0 Å². The van der Waals surface area contributed by atoms with Gasteiger partial charge in [-0.05, 0) is 51.3 Å². The fraction of sp³-hybridized carbons (Fsp3) is 0.562. The zero-order valence-electron chi connectivity index (χ0n) is 16.3. The number of hydrogen-bond acceptors (Lipinski definition) is 6. The molecular weight excluding hydrogens is 392 g/mol. The van der Waals surface area contributed by atoms with Crippen molar-refractivity contribution >= 4 is 31.6 Å². The van der Waals surface area contributed by atoms with E-state index in [2.05, 4.69) is 5.32 Å². The largest absolute Gasteiger partial charge is 0.354 e. The molecular formula is C16H28N4O5S2. The normalized spacial score (nSPS) is 12.4. The molecule has 0 spiro atoms. The van der Waals surface area contributed by atoms with Crippen LogP contribution in [0.15, 0.2) is 29.2 Å². The second kappa shape index (κ2) is 9.49. The Hall–Kier alpha value is -1.69. The summed E-state index contributed by atoms with van der Waals surface area (Å²) in [5.74, 6) is -0.427. The molecule has 1 amide bonds. The Balaban J connectivity index is 2.91. The van der Waals surface area contributed by atoms with Crippen LogP contribution in [0.5, 0.6) is 0 Å². The molecule has 0 radical (unpaired) electrons. The van der Waals surface area contributed by atoms with Gasteiger partial charge in [0.05, 0.1) is 16.8 Å². The fourth-order valence-electron chi connectivity index (χ4n) is 2.20. The molecule has 0 aliphatic rings. The molecule has 0 saturated heterocycles. The highest BCUT2D eigenvalue weighted by Crippen LogP contribution is 2.21. The molecule has 11 heteroatoms. The second-order valence-corrected chi connectivity index (χ2v) is 10.6. The minimum absolute atomic E-state index is 0.0397. The van der Waals surface area contributed by atoms with Crippen molar-refractivity contribution < 1.29 is 21.6 Å². The molecule has 1 aromatic rings. The molecule has 1 aromatic carbocycles. The van der Waals surface area contributed by atoms with E-state index >= 15 is 0 Å². The van der Waals surface area contributed by atoms with Crippen LogP contribution in [-0.2, 0) is 24.8 Å². The van der Waals surface area contributed by atoms with Crippen molar-refractivity contribution in [2.45, 2.75) is 11.3 Å². The third kappa shape index (κ3) is 7.09. The first-order chi connectivity index (χ1) is 12.4. The SMILES string of the molecule is CN(C)CCCNC(=O)CN(c1ccc(S(=O)(=O)N(C)C)cc1)S(C)(=O)=O. The number of benzene rings is 1. The third-order valence-electron chi connectivity index (χ3n) is 3.70. The molecule has 9 nitrogen and oxygen atoms in total. The quantitative estimate of drug-likeness (QED) is 0.524. The van der Waals surface area contributed by atoms with Crippen molar-refractivity contribution in [1.82, 2.24) is 14.5 Å². The van der Waals surface area contributed by atoms with Gasteiger partial charge in [0, 0.05) is 20.6 Å². The van der Waals surface area contributed by atoms with Crippen molar-refractivity contribution in [2.24, 2.45) is 0 Å². The van der Waals surface area contributed by atoms with Crippen LogP contribution >= 0.6 is 0 Å². The Morgan fingerprint density at radius 2 is 1.56 bits per heavy atom. The van der Waals surface area contributed by atoms with E-state index < -0.39 is 26.0 Å². The highest BCUT2D eigenvalue weighted by molar-refractivity contribution is 7.92. The lowest BCUT2D eigenvalue weighted by atomic mass is 10.3. The van der Waals surface area contributed by atoms with Gasteiger partial charge in [0.25, 0.3) is 0 Å². The molecule has 0 fully saturated rings. The van der Waals surface area contributed by atoms with Gasteiger partial charge >= 0.3 is 0 Å².